The normalized spacial score (nSPS) is 14.4. The van der Waals surface area contributed by atoms with Gasteiger partial charge in [-0.3, -0.25) is 14.6 Å². The third-order valence-electron chi connectivity index (χ3n) is 1.78. The molecular formula is C8H10N4O2. The van der Waals surface area contributed by atoms with Crippen LogP contribution in [0.3, 0.4) is 0 Å². The van der Waals surface area contributed by atoms with Gasteiger partial charge in [-0.25, -0.2) is 4.98 Å². The number of nitrogens with zero attached hydrogens (tertiary/aromatic N) is 2. The van der Waals surface area contributed by atoms with Crippen LogP contribution >= 0.6 is 0 Å². The van der Waals surface area contributed by atoms with Crippen LogP contribution in [0.25, 0.3) is 0 Å². The maximum atomic E-state index is 11.6. The molecule has 0 aliphatic heterocycles. The summed E-state index contributed by atoms with van der Waals surface area (Å²) in [7, 11) is 0. The Bertz CT molecular complexity index is 361. The molecule has 14 heavy (non-hydrogen) atoms. The highest BCUT2D eigenvalue weighted by molar-refractivity contribution is 6.16. The molecule has 6 nitrogen and oxygen atoms in total. The number of aromatic nitrogens is 2. The van der Waals surface area contributed by atoms with E-state index in [9.17, 15) is 9.59 Å². The number of hydrogen-bond donors (Lipinski definition) is 2. The van der Waals surface area contributed by atoms with Crippen molar-refractivity contribution in [1.82, 2.24) is 9.97 Å². The number of ketones is 1. The third-order valence-corrected chi connectivity index (χ3v) is 1.78. The van der Waals surface area contributed by atoms with Crippen molar-refractivity contribution in [3.05, 3.63) is 24.3 Å². The Labute approximate surface area is 80.3 Å². The van der Waals surface area contributed by atoms with E-state index in [0.717, 1.165) is 0 Å². The number of carbonyl (C=O) groups is 2. The Balaban J connectivity index is 3.03. The van der Waals surface area contributed by atoms with Gasteiger partial charge in [0.15, 0.2) is 5.54 Å². The molecule has 74 valence electrons. The Morgan fingerprint density at radius 3 is 2.50 bits per heavy atom. The van der Waals surface area contributed by atoms with Crippen molar-refractivity contribution in [2.75, 3.05) is 0 Å². The Kier molecular flexibility index (Phi) is 2.57. The van der Waals surface area contributed by atoms with Crippen LogP contribution in [0.1, 0.15) is 17.4 Å². The molecule has 4 N–H and O–H groups in total. The minimum atomic E-state index is -1.74. The second-order valence-electron chi connectivity index (χ2n) is 2.99. The first-order valence-corrected chi connectivity index (χ1v) is 3.86. The zero-order chi connectivity index (χ0) is 10.8. The van der Waals surface area contributed by atoms with Gasteiger partial charge in [-0.15, -0.1) is 0 Å². The van der Waals surface area contributed by atoms with E-state index in [1.165, 1.54) is 25.5 Å². The Morgan fingerprint density at radius 1 is 1.43 bits per heavy atom. The fourth-order valence-electron chi connectivity index (χ4n) is 0.794. The zero-order valence-electron chi connectivity index (χ0n) is 7.60. The van der Waals surface area contributed by atoms with Crippen molar-refractivity contribution in [2.45, 2.75) is 12.5 Å². The number of nitrogens with two attached hydrogens (primary N) is 2. The molecule has 1 aromatic heterocycles. The topological polar surface area (TPSA) is 112 Å². The molecule has 1 aromatic rings. The van der Waals surface area contributed by atoms with Gasteiger partial charge < -0.3 is 11.5 Å². The molecule has 0 spiro atoms. The van der Waals surface area contributed by atoms with E-state index in [4.69, 9.17) is 11.5 Å². The molecule has 0 aromatic carbocycles. The average molecular weight is 194 g/mol. The van der Waals surface area contributed by atoms with Gasteiger partial charge in [0.2, 0.25) is 11.7 Å². The van der Waals surface area contributed by atoms with E-state index in [1.54, 1.807) is 0 Å². The molecule has 6 heteroatoms. The van der Waals surface area contributed by atoms with Gasteiger partial charge in [0.1, 0.15) is 5.69 Å². The molecule has 0 saturated carbocycles. The summed E-state index contributed by atoms with van der Waals surface area (Å²) in [6.07, 6.45) is 3.98. The van der Waals surface area contributed by atoms with Gasteiger partial charge in [0.25, 0.3) is 0 Å². The Hall–Kier alpha value is -1.82. The summed E-state index contributed by atoms with van der Waals surface area (Å²) < 4.78 is 0. The van der Waals surface area contributed by atoms with Crippen LogP contribution < -0.4 is 11.5 Å². The Morgan fingerprint density at radius 2 is 2.07 bits per heavy atom. The fourth-order valence-corrected chi connectivity index (χ4v) is 0.794. The highest BCUT2D eigenvalue weighted by Crippen LogP contribution is 2.06. The van der Waals surface area contributed by atoms with Gasteiger partial charge in [-0.05, 0) is 6.92 Å². The van der Waals surface area contributed by atoms with E-state index in [-0.39, 0.29) is 5.69 Å². The second-order valence-corrected chi connectivity index (χ2v) is 2.99. The minimum absolute atomic E-state index is 0.0244. The van der Waals surface area contributed by atoms with Crippen LogP contribution in [-0.4, -0.2) is 27.2 Å². The van der Waals surface area contributed by atoms with Crippen molar-refractivity contribution in [2.24, 2.45) is 11.5 Å². The van der Waals surface area contributed by atoms with E-state index >= 15 is 0 Å². The standard InChI is InChI=1S/C8H10N4O2/c1-8(10,7(9)14)6(13)5-4-11-2-3-12-5/h2-4H,10H2,1H3,(H2,9,14)/t8-/m0/s1. The van der Waals surface area contributed by atoms with Crippen molar-refractivity contribution in [1.29, 1.82) is 0 Å². The van der Waals surface area contributed by atoms with Crippen molar-refractivity contribution in [3.63, 3.8) is 0 Å². The summed E-state index contributed by atoms with van der Waals surface area (Å²) in [4.78, 5) is 29.9. The lowest BCUT2D eigenvalue weighted by Gasteiger charge is -2.17. The molecule has 0 radical (unpaired) electrons. The van der Waals surface area contributed by atoms with E-state index in [0.29, 0.717) is 0 Å². The highest BCUT2D eigenvalue weighted by atomic mass is 16.2. The summed E-state index contributed by atoms with van der Waals surface area (Å²) >= 11 is 0. The van der Waals surface area contributed by atoms with E-state index in [1.807, 2.05) is 0 Å². The first-order chi connectivity index (χ1) is 6.46. The predicted octanol–water partition coefficient (Wildman–Crippen LogP) is -1.14. The van der Waals surface area contributed by atoms with Crippen molar-refractivity contribution >= 4 is 11.7 Å². The SMILES string of the molecule is C[C@@](N)(C(N)=O)C(=O)c1cnccn1. The molecule has 0 aliphatic rings. The molecule has 0 unspecified atom stereocenters. The van der Waals surface area contributed by atoms with Gasteiger partial charge in [-0.2, -0.15) is 0 Å². The maximum Gasteiger partial charge on any atom is 0.245 e. The number of Topliss-reactive ketones (excluding diaryl/α,β-unsaturated/α-hetero) is 1. The van der Waals surface area contributed by atoms with Gasteiger partial charge in [0, 0.05) is 12.4 Å². The fraction of sp³-hybridized carbons (Fsp3) is 0.250. The van der Waals surface area contributed by atoms with E-state index in [2.05, 4.69) is 9.97 Å². The van der Waals surface area contributed by atoms with Gasteiger partial charge >= 0.3 is 0 Å². The summed E-state index contributed by atoms with van der Waals surface area (Å²) in [5.41, 5.74) is 8.70. The highest BCUT2D eigenvalue weighted by Gasteiger charge is 2.36. The summed E-state index contributed by atoms with van der Waals surface area (Å²) in [5.74, 6) is -1.54. The number of hydrogen-bond acceptors (Lipinski definition) is 5. The van der Waals surface area contributed by atoms with Crippen LogP contribution in [0, 0.1) is 0 Å². The van der Waals surface area contributed by atoms with Crippen LogP contribution in [0.5, 0.6) is 0 Å². The van der Waals surface area contributed by atoms with Crippen LogP contribution in [-0.2, 0) is 4.79 Å². The van der Waals surface area contributed by atoms with Gasteiger partial charge in [0.05, 0.1) is 6.20 Å². The molecule has 1 rings (SSSR count). The first-order valence-electron chi connectivity index (χ1n) is 3.86. The van der Waals surface area contributed by atoms with Crippen molar-refractivity contribution in [3.8, 4) is 0 Å². The predicted molar refractivity (Wildman–Crippen MR) is 48.1 cm³/mol. The average Bonchev–Trinajstić information content (AvgIpc) is 2.17. The largest absolute Gasteiger partial charge is 0.368 e. The van der Waals surface area contributed by atoms with Crippen LogP contribution in [0.4, 0.5) is 0 Å². The molecule has 1 atom stereocenters. The van der Waals surface area contributed by atoms with Crippen LogP contribution in [0.15, 0.2) is 18.6 Å². The molecule has 0 fully saturated rings. The molecule has 0 aliphatic carbocycles. The molecule has 0 bridgehead atoms. The smallest absolute Gasteiger partial charge is 0.245 e. The summed E-state index contributed by atoms with van der Waals surface area (Å²) in [6.45, 7) is 1.24. The molecular weight excluding hydrogens is 184 g/mol. The monoisotopic (exact) mass is 194 g/mol. The number of primary amides is 1. The maximum absolute atomic E-state index is 11.6. The lowest BCUT2D eigenvalue weighted by atomic mass is 9.95. The second kappa shape index (κ2) is 3.51. The zero-order valence-corrected chi connectivity index (χ0v) is 7.60. The van der Waals surface area contributed by atoms with Crippen LogP contribution in [0.2, 0.25) is 0 Å². The first kappa shape index (κ1) is 10.3. The third kappa shape index (κ3) is 1.74. The number of carbonyl (C=O) groups excluding carboxylic acids is 2. The van der Waals surface area contributed by atoms with E-state index < -0.39 is 17.2 Å². The number of amides is 1. The van der Waals surface area contributed by atoms with Crippen molar-refractivity contribution < 1.29 is 9.59 Å². The molecule has 1 heterocycles. The lowest BCUT2D eigenvalue weighted by Crippen LogP contribution is -2.55. The summed E-state index contributed by atoms with van der Waals surface area (Å²) in [6, 6.07) is 0. The minimum Gasteiger partial charge on any atom is -0.368 e. The van der Waals surface area contributed by atoms with Gasteiger partial charge in [-0.1, -0.05) is 0 Å². The lowest BCUT2D eigenvalue weighted by molar-refractivity contribution is -0.121. The number of rotatable bonds is 3. The molecule has 1 amide bonds. The molecule has 0 saturated heterocycles. The summed E-state index contributed by atoms with van der Waals surface area (Å²) in [5, 5.41) is 0. The quantitative estimate of drug-likeness (QED) is 0.466.